The molecule has 2 aromatic carbocycles. The monoisotopic (exact) mass is 696 g/mol. The van der Waals surface area contributed by atoms with Crippen molar-refractivity contribution in [1.82, 2.24) is 19.5 Å². The van der Waals surface area contributed by atoms with E-state index in [4.69, 9.17) is 30.0 Å². The lowest BCUT2D eigenvalue weighted by atomic mass is 10.0. The summed E-state index contributed by atoms with van der Waals surface area (Å²) in [6, 6.07) is 13.4. The fourth-order valence-corrected chi connectivity index (χ4v) is 7.27. The molecule has 11 nitrogen and oxygen atoms in total. The van der Waals surface area contributed by atoms with Gasteiger partial charge in [-0.3, -0.25) is 4.52 Å². The summed E-state index contributed by atoms with van der Waals surface area (Å²) in [6.07, 6.45) is 20.7. The molecular weight excluding hydrogens is 639 g/mol. The van der Waals surface area contributed by atoms with Crippen LogP contribution in [-0.4, -0.2) is 52.3 Å². The third-order valence-corrected chi connectivity index (χ3v) is 10.1. The lowest BCUT2D eigenvalue weighted by molar-refractivity contribution is 0.107. The highest BCUT2D eigenvalue weighted by atomic mass is 31.2. The van der Waals surface area contributed by atoms with Gasteiger partial charge in [-0.2, -0.15) is 9.97 Å². The van der Waals surface area contributed by atoms with E-state index < -0.39 is 7.60 Å². The van der Waals surface area contributed by atoms with Crippen molar-refractivity contribution in [1.29, 1.82) is 0 Å². The van der Waals surface area contributed by atoms with Crippen LogP contribution in [0.5, 0.6) is 5.75 Å². The van der Waals surface area contributed by atoms with Gasteiger partial charge < -0.3 is 30.0 Å². The van der Waals surface area contributed by atoms with Gasteiger partial charge in [0, 0.05) is 25.1 Å². The van der Waals surface area contributed by atoms with Gasteiger partial charge in [0.1, 0.15) is 11.3 Å². The zero-order chi connectivity index (χ0) is 34.6. The molecule has 4 aromatic rings. The van der Waals surface area contributed by atoms with E-state index in [2.05, 4.69) is 21.9 Å². The third kappa shape index (κ3) is 13.5. The number of unbranched alkanes of at least 4 members (excludes halogenated alkanes) is 13. The normalized spacial score (nSPS) is 12.9. The lowest BCUT2D eigenvalue weighted by Crippen LogP contribution is -2.12. The number of nitrogen functional groups attached to an aromatic ring is 2. The summed E-state index contributed by atoms with van der Waals surface area (Å²) < 4.78 is 39.4. The molecule has 270 valence electrons. The lowest BCUT2D eigenvalue weighted by Gasteiger charge is -2.20. The minimum Gasteiger partial charge on any atom is -0.422 e. The van der Waals surface area contributed by atoms with Crippen LogP contribution < -0.4 is 16.0 Å². The first-order valence-electron chi connectivity index (χ1n) is 18.3. The number of fused-ring (bicyclic) bond motifs is 2. The first kappa shape index (κ1) is 38.6. The Hall–Kier alpha value is -3.24. The molecule has 0 aliphatic heterocycles. The topological polar surface area (TPSA) is 150 Å². The van der Waals surface area contributed by atoms with Gasteiger partial charge in [0.25, 0.3) is 0 Å². The van der Waals surface area contributed by atoms with E-state index in [1.807, 2.05) is 36.4 Å². The average molecular weight is 697 g/mol. The van der Waals surface area contributed by atoms with E-state index in [1.54, 1.807) is 17.0 Å². The zero-order valence-electron chi connectivity index (χ0n) is 29.4. The Morgan fingerprint density at radius 1 is 0.714 bits per heavy atom. The van der Waals surface area contributed by atoms with Crippen LogP contribution in [0.25, 0.3) is 21.9 Å². The van der Waals surface area contributed by atoms with Crippen molar-refractivity contribution in [3.05, 3.63) is 48.8 Å². The molecule has 2 aromatic heterocycles. The quantitative estimate of drug-likeness (QED) is 0.0456. The SMILES string of the molecule is CCCCCCCCCCCCCCCCOCCCOP(=O)(COCCn1cnc2c(N)nc(N)nc21)Oc1cccc2ccccc12. The summed E-state index contributed by atoms with van der Waals surface area (Å²) in [5, 5.41) is 1.84. The van der Waals surface area contributed by atoms with Crippen molar-refractivity contribution in [3.8, 4) is 5.75 Å². The highest BCUT2D eigenvalue weighted by Crippen LogP contribution is 2.49. The highest BCUT2D eigenvalue weighted by Gasteiger charge is 2.28. The van der Waals surface area contributed by atoms with E-state index >= 15 is 0 Å². The Morgan fingerprint density at radius 2 is 1.37 bits per heavy atom. The molecule has 0 spiro atoms. The molecule has 49 heavy (non-hydrogen) atoms. The number of hydrogen-bond donors (Lipinski definition) is 2. The van der Waals surface area contributed by atoms with Crippen LogP contribution in [0.2, 0.25) is 0 Å². The number of rotatable bonds is 27. The van der Waals surface area contributed by atoms with Gasteiger partial charge >= 0.3 is 7.60 Å². The molecule has 1 unspecified atom stereocenters. The number of nitrogens with two attached hydrogens (primary N) is 2. The van der Waals surface area contributed by atoms with E-state index in [1.165, 1.54) is 83.5 Å². The summed E-state index contributed by atoms with van der Waals surface area (Å²) in [5.74, 6) is 0.770. The van der Waals surface area contributed by atoms with Crippen molar-refractivity contribution < 1.29 is 23.1 Å². The molecule has 2 heterocycles. The van der Waals surface area contributed by atoms with Gasteiger partial charge in [0.2, 0.25) is 5.95 Å². The molecule has 4 N–H and O–H groups in total. The van der Waals surface area contributed by atoms with E-state index in [9.17, 15) is 4.57 Å². The van der Waals surface area contributed by atoms with Gasteiger partial charge in [-0.1, -0.05) is 127 Å². The average Bonchev–Trinajstić information content (AvgIpc) is 3.51. The highest BCUT2D eigenvalue weighted by molar-refractivity contribution is 7.54. The maximum atomic E-state index is 14.0. The van der Waals surface area contributed by atoms with E-state index in [0.29, 0.717) is 36.5 Å². The second-order valence-electron chi connectivity index (χ2n) is 12.7. The largest absolute Gasteiger partial charge is 0.422 e. The van der Waals surface area contributed by atoms with Gasteiger partial charge in [0.15, 0.2) is 17.8 Å². The summed E-state index contributed by atoms with van der Waals surface area (Å²) in [5.41, 5.74) is 12.7. The summed E-state index contributed by atoms with van der Waals surface area (Å²) in [6.45, 7) is 4.37. The van der Waals surface area contributed by atoms with Crippen LogP contribution in [0, 0.1) is 0 Å². The minimum absolute atomic E-state index is 0.0672. The van der Waals surface area contributed by atoms with Crippen LogP contribution in [0.4, 0.5) is 11.8 Å². The van der Waals surface area contributed by atoms with Crippen molar-refractivity contribution >= 4 is 41.3 Å². The standard InChI is InChI=1S/C37H57N6O5P/c1-2-3-4-5-6-7-8-9-10-11-12-13-14-17-25-45-26-19-27-47-49(44,48-33-23-18-21-31-20-15-16-22-32(31)33)30-46-28-24-43-29-40-34-35(38)41-37(39)42-36(34)43/h15-16,18,20-23,29H,2-14,17,19,24-28,30H2,1H3,(H4,38,39,41,42). The van der Waals surface area contributed by atoms with Crippen LogP contribution in [-0.2, 0) is 25.1 Å². The summed E-state index contributed by atoms with van der Waals surface area (Å²) >= 11 is 0. The Kier molecular flexibility index (Phi) is 17.1. The van der Waals surface area contributed by atoms with Gasteiger partial charge in [-0.25, -0.2) is 9.55 Å². The van der Waals surface area contributed by atoms with Gasteiger partial charge in [0.05, 0.1) is 19.5 Å². The fraction of sp³-hybridized carbons (Fsp3) is 0.595. The number of ether oxygens (including phenoxy) is 2. The van der Waals surface area contributed by atoms with Crippen molar-refractivity contribution in [3.63, 3.8) is 0 Å². The van der Waals surface area contributed by atoms with E-state index in [-0.39, 0.29) is 31.3 Å². The first-order valence-corrected chi connectivity index (χ1v) is 20.0. The molecule has 1 atom stereocenters. The second-order valence-corrected chi connectivity index (χ2v) is 14.6. The summed E-state index contributed by atoms with van der Waals surface area (Å²) in [7, 11) is -3.68. The Morgan fingerprint density at radius 3 is 2.10 bits per heavy atom. The second kappa shape index (κ2) is 21.8. The minimum atomic E-state index is -3.68. The Balaban J connectivity index is 1.13. The molecular formula is C37H57N6O5P. The molecule has 4 rings (SSSR count). The molecule has 0 saturated heterocycles. The maximum Gasteiger partial charge on any atom is 0.404 e. The van der Waals surface area contributed by atoms with Crippen molar-refractivity contribution in [2.45, 2.75) is 110 Å². The van der Waals surface area contributed by atoms with Crippen LogP contribution in [0.1, 0.15) is 103 Å². The fourth-order valence-electron chi connectivity index (χ4n) is 5.87. The maximum absolute atomic E-state index is 14.0. The zero-order valence-corrected chi connectivity index (χ0v) is 30.3. The van der Waals surface area contributed by atoms with Gasteiger partial charge in [-0.15, -0.1) is 0 Å². The molecule has 12 heteroatoms. The van der Waals surface area contributed by atoms with Gasteiger partial charge in [-0.05, 0) is 24.3 Å². The number of aromatic nitrogens is 4. The predicted octanol–water partition coefficient (Wildman–Crippen LogP) is 9.29. The Labute approximate surface area is 292 Å². The van der Waals surface area contributed by atoms with Crippen LogP contribution >= 0.6 is 7.60 Å². The smallest absolute Gasteiger partial charge is 0.404 e. The Bertz CT molecular complexity index is 1560. The number of imidazole rings is 1. The van der Waals surface area contributed by atoms with Crippen LogP contribution in [0.3, 0.4) is 0 Å². The number of anilines is 2. The predicted molar refractivity (Wildman–Crippen MR) is 199 cm³/mol. The molecule has 0 radical (unpaired) electrons. The molecule has 0 aliphatic carbocycles. The molecule has 0 aliphatic rings. The molecule has 0 fully saturated rings. The molecule has 0 amide bonds. The third-order valence-electron chi connectivity index (χ3n) is 8.58. The van der Waals surface area contributed by atoms with Crippen molar-refractivity contribution in [2.24, 2.45) is 0 Å². The summed E-state index contributed by atoms with van der Waals surface area (Å²) in [4.78, 5) is 12.5. The number of hydrogen-bond acceptors (Lipinski definition) is 10. The van der Waals surface area contributed by atoms with E-state index in [0.717, 1.165) is 23.8 Å². The number of nitrogens with zero attached hydrogens (tertiary/aromatic N) is 4. The molecule has 0 saturated carbocycles. The molecule has 0 bridgehead atoms. The number of benzene rings is 2. The van der Waals surface area contributed by atoms with Crippen molar-refractivity contribution in [2.75, 3.05) is 44.2 Å². The van der Waals surface area contributed by atoms with Crippen LogP contribution in [0.15, 0.2) is 48.8 Å². The first-order chi connectivity index (χ1) is 24.0.